The first-order valence-corrected chi connectivity index (χ1v) is 34.0. The SMILES string of the molecule is C=Cc1ccc(/C=C/c2ccccc2)cc1.O=C1NC(=O)c2ccc3c4c(ccc1c24)C(=O)N(c1ccccc1)C3=O.O=C1NC(=O)c2ccc3c4ccc5c6c(ccc(c7ccc1c2c73)c64)C(=O)N(c1ccccc1)C5=O.c1cc2cccc3c4cc5c(cc4c(c1)c23)c1cccc2cccc5c21. The van der Waals surface area contributed by atoms with Crippen LogP contribution in [-0.4, -0.2) is 47.3 Å². The molecule has 8 amide bonds. The number of amides is 8. The summed E-state index contributed by atoms with van der Waals surface area (Å²) in [6.07, 6.45) is 6.08. The highest BCUT2D eigenvalue weighted by Gasteiger charge is 2.39. The van der Waals surface area contributed by atoms with Gasteiger partial charge in [0.25, 0.3) is 47.3 Å². The van der Waals surface area contributed by atoms with E-state index in [4.69, 9.17) is 0 Å². The van der Waals surface area contributed by atoms with Crippen LogP contribution in [-0.2, 0) is 0 Å². The highest BCUT2D eigenvalue weighted by Crippen LogP contribution is 2.48. The van der Waals surface area contributed by atoms with E-state index in [0.29, 0.717) is 66.3 Å². The van der Waals surface area contributed by atoms with E-state index in [-0.39, 0.29) is 22.9 Å². The number of hydrogen-bond acceptors (Lipinski definition) is 8. The predicted octanol–water partition coefficient (Wildman–Crippen LogP) is 19.9. The van der Waals surface area contributed by atoms with Gasteiger partial charge in [-0.1, -0.05) is 213 Å². The lowest BCUT2D eigenvalue weighted by molar-refractivity contribution is 0.0828. The van der Waals surface area contributed by atoms with Crippen molar-refractivity contribution < 1.29 is 38.4 Å². The summed E-state index contributed by atoms with van der Waals surface area (Å²) in [5.74, 6) is -3.56. The van der Waals surface area contributed by atoms with Crippen molar-refractivity contribution in [2.24, 2.45) is 0 Å². The molecule has 4 heterocycles. The molecular weight excluding hydrogens is 1290 g/mol. The van der Waals surface area contributed by atoms with Gasteiger partial charge in [-0.3, -0.25) is 49.0 Å². The summed E-state index contributed by atoms with van der Waals surface area (Å²) in [4.78, 5) is 105. The Morgan fingerprint density at radius 2 is 0.500 bits per heavy atom. The highest BCUT2D eigenvalue weighted by atomic mass is 16.2. The summed E-state index contributed by atoms with van der Waals surface area (Å²) in [6, 6.07) is 88.4. The summed E-state index contributed by atoms with van der Waals surface area (Å²) in [6.45, 7) is 3.74. The fourth-order valence-electron chi connectivity index (χ4n) is 16.2. The van der Waals surface area contributed by atoms with Crippen molar-refractivity contribution in [3.8, 4) is 0 Å². The Kier molecular flexibility index (Phi) is 13.7. The molecule has 488 valence electrons. The van der Waals surface area contributed by atoms with E-state index in [0.717, 1.165) is 42.8 Å². The van der Waals surface area contributed by atoms with Gasteiger partial charge in [0.1, 0.15) is 0 Å². The molecule has 0 spiro atoms. The Morgan fingerprint density at radius 1 is 0.231 bits per heavy atom. The number of imide groups is 4. The molecule has 0 saturated carbocycles. The number of nitrogens with zero attached hydrogens (tertiary/aromatic N) is 2. The van der Waals surface area contributed by atoms with Gasteiger partial charge in [-0.15, -0.1) is 0 Å². The first kappa shape index (κ1) is 60.8. The standard InChI is InChI=1S/C30H14N2O4.C26H14.C20H10N2O4.C16H14/c33-27-19-10-6-15-17-8-12-21-26-22(30(36)32(29(21)35)14-4-2-1-3-5-14)13-9-18(24(17)26)16-7-11-20(28(34)31-27)25(19)23(15)16;1-5-15-6-2-10-18-22-14-24-20-12-4-8-16-7-3-11-19(26(16)20)23(24)13-21(22)17(9-1)25(15)18;23-17-11-6-8-13-16-14(9-7-12(15(11)16)18(24)21-17)20(26)22(19(13)25)10-4-2-1-3-5-10;1-2-14-8-10-16(11-9-14)13-12-15-6-4-3-5-7-15/h1-13H,(H,31,33,34);1-14H;1-9H,(H,21,23,24);2-13H,1H2/b;;;13-12+. The van der Waals surface area contributed by atoms with Crippen molar-refractivity contribution >= 4 is 195 Å². The second-order valence-corrected chi connectivity index (χ2v) is 26.3. The van der Waals surface area contributed by atoms with Crippen molar-refractivity contribution in [1.82, 2.24) is 10.6 Å². The molecule has 0 aliphatic carbocycles. The van der Waals surface area contributed by atoms with Gasteiger partial charge in [-0.05, 0) is 199 Å². The molecule has 0 bridgehead atoms. The van der Waals surface area contributed by atoms with Crippen molar-refractivity contribution in [3.05, 3.63) is 341 Å². The maximum absolute atomic E-state index is 13.6. The van der Waals surface area contributed by atoms with Gasteiger partial charge in [0.05, 0.1) is 11.4 Å². The van der Waals surface area contributed by atoms with Crippen molar-refractivity contribution in [2.75, 3.05) is 9.80 Å². The summed E-state index contributed by atoms with van der Waals surface area (Å²) in [5.41, 5.74) is 7.60. The molecule has 4 aliphatic rings. The van der Waals surface area contributed by atoms with Gasteiger partial charge in [-0.2, -0.15) is 0 Å². The van der Waals surface area contributed by atoms with Crippen molar-refractivity contribution in [3.63, 3.8) is 0 Å². The first-order valence-electron chi connectivity index (χ1n) is 34.0. The zero-order chi connectivity index (χ0) is 70.3. The number of carbonyl (C=O) groups excluding carboxylic acids is 8. The molecule has 18 aromatic rings. The quantitative estimate of drug-likeness (QED) is 0.0743. The lowest BCUT2D eigenvalue weighted by atomic mass is 9.82. The molecular formula is C92H52N4O8. The van der Waals surface area contributed by atoms with Gasteiger partial charge in [0.2, 0.25) is 0 Å². The second-order valence-electron chi connectivity index (χ2n) is 26.3. The van der Waals surface area contributed by atoms with Crippen LogP contribution in [0.25, 0.3) is 137 Å². The van der Waals surface area contributed by atoms with E-state index < -0.39 is 35.4 Å². The lowest BCUT2D eigenvalue weighted by Crippen LogP contribution is -2.42. The van der Waals surface area contributed by atoms with E-state index in [1.54, 1.807) is 78.9 Å². The van der Waals surface area contributed by atoms with E-state index >= 15 is 0 Å². The van der Waals surface area contributed by atoms with Gasteiger partial charge in [-0.25, -0.2) is 9.80 Å². The molecule has 0 unspecified atom stereocenters. The Hall–Kier alpha value is -14.4. The molecule has 0 radical (unpaired) electrons. The van der Waals surface area contributed by atoms with Crippen LogP contribution >= 0.6 is 0 Å². The average molecular weight is 1340 g/mol. The minimum Gasteiger partial charge on any atom is -0.288 e. The maximum atomic E-state index is 13.6. The third kappa shape index (κ3) is 9.12. The number of nitrogens with one attached hydrogen (secondary N) is 2. The Balaban J connectivity index is 0.0000000988. The zero-order valence-electron chi connectivity index (χ0n) is 55.1. The molecule has 104 heavy (non-hydrogen) atoms. The molecule has 0 atom stereocenters. The summed E-state index contributed by atoms with van der Waals surface area (Å²) in [7, 11) is 0. The van der Waals surface area contributed by atoms with Crippen LogP contribution < -0.4 is 20.4 Å². The van der Waals surface area contributed by atoms with Crippen LogP contribution in [0.15, 0.2) is 280 Å². The molecule has 0 fully saturated rings. The zero-order valence-corrected chi connectivity index (χ0v) is 55.1. The van der Waals surface area contributed by atoms with Crippen LogP contribution in [0.2, 0.25) is 0 Å². The molecule has 0 saturated heterocycles. The Bertz CT molecular complexity index is 6490. The monoisotopic (exact) mass is 1340 g/mol. The summed E-state index contributed by atoms with van der Waals surface area (Å²) >= 11 is 0. The molecule has 18 aromatic carbocycles. The van der Waals surface area contributed by atoms with Crippen molar-refractivity contribution in [2.45, 2.75) is 0 Å². The topological polar surface area (TPSA) is 167 Å². The first-order chi connectivity index (χ1) is 50.9. The van der Waals surface area contributed by atoms with Crippen LogP contribution in [0, 0.1) is 0 Å². The minimum absolute atomic E-state index is 0.286. The van der Waals surface area contributed by atoms with Crippen LogP contribution in [0.5, 0.6) is 0 Å². The fourth-order valence-corrected chi connectivity index (χ4v) is 16.2. The largest absolute Gasteiger partial charge is 0.288 e. The molecule has 0 aromatic heterocycles. The third-order valence-corrected chi connectivity index (χ3v) is 20.8. The number of anilines is 2. The fraction of sp³-hybridized carbons (Fsp3) is 0. The molecule has 2 N–H and O–H groups in total. The minimum atomic E-state index is -0.531. The van der Waals surface area contributed by atoms with E-state index in [2.05, 4.69) is 151 Å². The van der Waals surface area contributed by atoms with Gasteiger partial charge < -0.3 is 0 Å². The molecule has 12 nitrogen and oxygen atoms in total. The van der Waals surface area contributed by atoms with Crippen LogP contribution in [0.3, 0.4) is 0 Å². The Morgan fingerprint density at radius 3 is 0.856 bits per heavy atom. The number of carbonyl (C=O) groups is 8. The normalized spacial score (nSPS) is 13.8. The number of rotatable bonds is 5. The van der Waals surface area contributed by atoms with Crippen LogP contribution in [0.1, 0.15) is 99.6 Å². The number of fused-ring (bicyclic) bond motifs is 8. The van der Waals surface area contributed by atoms with Gasteiger partial charge >= 0.3 is 0 Å². The number of benzene rings is 16. The predicted molar refractivity (Wildman–Crippen MR) is 416 cm³/mol. The molecule has 4 aliphatic heterocycles. The molecule has 12 heteroatoms. The van der Waals surface area contributed by atoms with Gasteiger partial charge in [0.15, 0.2) is 0 Å². The Labute approximate surface area is 591 Å². The highest BCUT2D eigenvalue weighted by molar-refractivity contribution is 6.45. The van der Waals surface area contributed by atoms with E-state index in [1.165, 1.54) is 105 Å². The number of para-hydroxylation sites is 2. The van der Waals surface area contributed by atoms with Crippen LogP contribution in [0.4, 0.5) is 11.4 Å². The molecule has 22 rings (SSSR count). The summed E-state index contributed by atoms with van der Waals surface area (Å²) < 4.78 is 0. The third-order valence-electron chi connectivity index (χ3n) is 20.8. The van der Waals surface area contributed by atoms with Crippen molar-refractivity contribution in [1.29, 1.82) is 0 Å². The number of hydrogen-bond donors (Lipinski definition) is 2. The second kappa shape index (κ2) is 23.4. The lowest BCUT2D eigenvalue weighted by Gasteiger charge is -2.29. The smallest absolute Gasteiger partial charge is 0.265 e. The van der Waals surface area contributed by atoms with E-state index in [1.807, 2.05) is 54.6 Å². The summed E-state index contributed by atoms with van der Waals surface area (Å²) in [5, 5.41) is 28.3. The van der Waals surface area contributed by atoms with Gasteiger partial charge in [0, 0.05) is 66.1 Å². The average Bonchev–Trinajstić information content (AvgIpc) is 1.26. The van der Waals surface area contributed by atoms with E-state index in [9.17, 15) is 38.4 Å². The maximum Gasteiger partial charge on any atom is 0.265 e.